The molecule has 0 spiro atoms. The SMILES string of the molecule is O=C(C1CCC1)N(CC1CCN(C2Cc3ccccc3C2)CC1)CC1CCCO1. The van der Waals surface area contributed by atoms with Crippen LogP contribution in [0.3, 0.4) is 0 Å². The van der Waals surface area contributed by atoms with Crippen LogP contribution in [0.5, 0.6) is 0 Å². The molecule has 5 rings (SSSR count). The van der Waals surface area contributed by atoms with Gasteiger partial charge in [-0.15, -0.1) is 0 Å². The third-order valence-electron chi connectivity index (χ3n) is 7.89. The van der Waals surface area contributed by atoms with Crippen molar-refractivity contribution < 1.29 is 9.53 Å². The molecule has 0 N–H and O–H groups in total. The second-order valence-corrected chi connectivity index (χ2v) is 9.82. The van der Waals surface area contributed by atoms with Crippen LogP contribution in [0.4, 0.5) is 0 Å². The molecule has 1 amide bonds. The number of piperidine rings is 1. The fourth-order valence-corrected chi connectivity index (χ4v) is 5.81. The van der Waals surface area contributed by atoms with Crippen LogP contribution in [0.25, 0.3) is 0 Å². The van der Waals surface area contributed by atoms with Gasteiger partial charge in [-0.1, -0.05) is 30.7 Å². The summed E-state index contributed by atoms with van der Waals surface area (Å²) in [6, 6.07) is 9.64. The molecule has 1 aromatic rings. The van der Waals surface area contributed by atoms with Crippen molar-refractivity contribution in [3.05, 3.63) is 35.4 Å². The number of amides is 1. The summed E-state index contributed by atoms with van der Waals surface area (Å²) in [5, 5.41) is 0. The fraction of sp³-hybridized carbons (Fsp3) is 0.720. The van der Waals surface area contributed by atoms with Crippen molar-refractivity contribution in [3.8, 4) is 0 Å². The van der Waals surface area contributed by atoms with Gasteiger partial charge in [0.1, 0.15) is 0 Å². The van der Waals surface area contributed by atoms with E-state index >= 15 is 0 Å². The van der Waals surface area contributed by atoms with Crippen molar-refractivity contribution in [2.75, 3.05) is 32.8 Å². The molecule has 4 nitrogen and oxygen atoms in total. The Balaban J connectivity index is 1.14. The number of hydrogen-bond acceptors (Lipinski definition) is 3. The molecule has 2 saturated heterocycles. The maximum Gasteiger partial charge on any atom is 0.225 e. The highest BCUT2D eigenvalue weighted by Crippen LogP contribution is 2.32. The van der Waals surface area contributed by atoms with Crippen LogP contribution in [0.1, 0.15) is 56.1 Å². The quantitative estimate of drug-likeness (QED) is 0.735. The molecule has 158 valence electrons. The number of nitrogens with zero attached hydrogens (tertiary/aromatic N) is 2. The van der Waals surface area contributed by atoms with Gasteiger partial charge in [0.05, 0.1) is 6.10 Å². The topological polar surface area (TPSA) is 32.8 Å². The average molecular weight is 397 g/mol. The smallest absolute Gasteiger partial charge is 0.225 e. The van der Waals surface area contributed by atoms with Crippen molar-refractivity contribution in [1.29, 1.82) is 0 Å². The number of likely N-dealkylation sites (tertiary alicyclic amines) is 1. The molecule has 1 unspecified atom stereocenters. The molecule has 3 fully saturated rings. The molecule has 0 radical (unpaired) electrons. The molecule has 1 aromatic carbocycles. The summed E-state index contributed by atoms with van der Waals surface area (Å²) >= 11 is 0. The normalized spacial score (nSPS) is 26.4. The lowest BCUT2D eigenvalue weighted by Gasteiger charge is -2.39. The van der Waals surface area contributed by atoms with Gasteiger partial charge in [0, 0.05) is 31.7 Å². The van der Waals surface area contributed by atoms with Crippen molar-refractivity contribution >= 4 is 5.91 Å². The molecular weight excluding hydrogens is 360 g/mol. The number of rotatable bonds is 6. The number of ether oxygens (including phenoxy) is 1. The van der Waals surface area contributed by atoms with Gasteiger partial charge in [-0.05, 0) is 81.5 Å². The van der Waals surface area contributed by atoms with E-state index in [0.717, 1.165) is 45.4 Å². The Morgan fingerprint density at radius 2 is 1.69 bits per heavy atom. The first-order chi connectivity index (χ1) is 14.3. The number of fused-ring (bicyclic) bond motifs is 1. The highest BCUT2D eigenvalue weighted by Gasteiger charge is 2.34. The lowest BCUT2D eigenvalue weighted by atomic mass is 9.84. The van der Waals surface area contributed by atoms with Gasteiger partial charge in [0.2, 0.25) is 5.91 Å². The standard InChI is InChI=1S/C25H36N2O2/c28-25(20-7-3-8-20)27(18-24-9-4-14-29-24)17-19-10-12-26(13-11-19)23-15-21-5-1-2-6-22(21)16-23/h1-2,5-6,19-20,23-24H,3-4,7-18H2. The van der Waals surface area contributed by atoms with Gasteiger partial charge in [-0.3, -0.25) is 9.69 Å². The van der Waals surface area contributed by atoms with E-state index in [4.69, 9.17) is 4.74 Å². The molecule has 2 aliphatic carbocycles. The van der Waals surface area contributed by atoms with Gasteiger partial charge in [-0.25, -0.2) is 0 Å². The monoisotopic (exact) mass is 396 g/mol. The van der Waals surface area contributed by atoms with E-state index in [1.54, 1.807) is 11.1 Å². The van der Waals surface area contributed by atoms with Crippen molar-refractivity contribution in [3.63, 3.8) is 0 Å². The molecular formula is C25H36N2O2. The fourth-order valence-electron chi connectivity index (χ4n) is 5.81. The van der Waals surface area contributed by atoms with Crippen LogP contribution in [-0.4, -0.2) is 60.6 Å². The van der Waals surface area contributed by atoms with E-state index in [1.165, 1.54) is 45.2 Å². The van der Waals surface area contributed by atoms with Gasteiger partial charge < -0.3 is 9.64 Å². The van der Waals surface area contributed by atoms with E-state index in [-0.39, 0.29) is 6.10 Å². The lowest BCUT2D eigenvalue weighted by Crippen LogP contribution is -2.48. The Morgan fingerprint density at radius 1 is 0.966 bits per heavy atom. The third-order valence-corrected chi connectivity index (χ3v) is 7.89. The number of carbonyl (C=O) groups is 1. The third kappa shape index (κ3) is 4.39. The average Bonchev–Trinajstić information content (AvgIpc) is 3.36. The molecule has 0 aromatic heterocycles. The summed E-state index contributed by atoms with van der Waals surface area (Å²) < 4.78 is 5.87. The summed E-state index contributed by atoms with van der Waals surface area (Å²) in [5.41, 5.74) is 3.10. The predicted octanol–water partition coefficient (Wildman–Crippen LogP) is 3.67. The summed E-state index contributed by atoms with van der Waals surface area (Å²) in [6.45, 7) is 5.03. The minimum absolute atomic E-state index is 0.274. The first-order valence-electron chi connectivity index (χ1n) is 12.0. The zero-order valence-corrected chi connectivity index (χ0v) is 17.7. The summed E-state index contributed by atoms with van der Waals surface area (Å²) in [4.78, 5) is 18.0. The second-order valence-electron chi connectivity index (χ2n) is 9.82. The van der Waals surface area contributed by atoms with Crippen molar-refractivity contribution in [1.82, 2.24) is 9.80 Å². The van der Waals surface area contributed by atoms with E-state index in [2.05, 4.69) is 34.1 Å². The number of benzene rings is 1. The molecule has 29 heavy (non-hydrogen) atoms. The highest BCUT2D eigenvalue weighted by atomic mass is 16.5. The summed E-state index contributed by atoms with van der Waals surface area (Å²) in [7, 11) is 0. The van der Waals surface area contributed by atoms with Gasteiger partial charge >= 0.3 is 0 Å². The van der Waals surface area contributed by atoms with Gasteiger partial charge in [-0.2, -0.15) is 0 Å². The van der Waals surface area contributed by atoms with Crippen LogP contribution in [0, 0.1) is 11.8 Å². The Bertz CT molecular complexity index is 678. The van der Waals surface area contributed by atoms with Crippen molar-refractivity contribution in [2.24, 2.45) is 11.8 Å². The lowest BCUT2D eigenvalue weighted by molar-refractivity contribution is -0.140. The Hall–Kier alpha value is -1.39. The molecule has 4 aliphatic rings. The predicted molar refractivity (Wildman–Crippen MR) is 115 cm³/mol. The summed E-state index contributed by atoms with van der Waals surface area (Å²) in [6.07, 6.45) is 10.9. The van der Waals surface area contributed by atoms with Crippen molar-refractivity contribution in [2.45, 2.75) is 69.9 Å². The molecule has 1 atom stereocenters. The summed E-state index contributed by atoms with van der Waals surface area (Å²) in [5.74, 6) is 1.37. The maximum absolute atomic E-state index is 13.0. The van der Waals surface area contributed by atoms with Crippen LogP contribution < -0.4 is 0 Å². The number of carbonyl (C=O) groups excluding carboxylic acids is 1. The van der Waals surface area contributed by atoms with Crippen LogP contribution in [0.2, 0.25) is 0 Å². The molecule has 2 aliphatic heterocycles. The Morgan fingerprint density at radius 3 is 2.28 bits per heavy atom. The van der Waals surface area contributed by atoms with Gasteiger partial charge in [0.15, 0.2) is 0 Å². The minimum atomic E-state index is 0.274. The molecule has 0 bridgehead atoms. The zero-order valence-electron chi connectivity index (χ0n) is 17.7. The largest absolute Gasteiger partial charge is 0.376 e. The minimum Gasteiger partial charge on any atom is -0.376 e. The van der Waals surface area contributed by atoms with E-state index in [1.807, 2.05) is 0 Å². The molecule has 1 saturated carbocycles. The van der Waals surface area contributed by atoms with Crippen LogP contribution in [0.15, 0.2) is 24.3 Å². The second kappa shape index (κ2) is 8.77. The Labute approximate surface area is 175 Å². The van der Waals surface area contributed by atoms with E-state index < -0.39 is 0 Å². The van der Waals surface area contributed by atoms with Crippen LogP contribution in [-0.2, 0) is 22.4 Å². The molecule has 2 heterocycles. The van der Waals surface area contributed by atoms with E-state index in [0.29, 0.717) is 23.8 Å². The first kappa shape index (κ1) is 19.6. The zero-order chi connectivity index (χ0) is 19.6. The highest BCUT2D eigenvalue weighted by molar-refractivity contribution is 5.79. The van der Waals surface area contributed by atoms with Crippen LogP contribution >= 0.6 is 0 Å². The number of hydrogen-bond donors (Lipinski definition) is 0. The maximum atomic E-state index is 13.0. The van der Waals surface area contributed by atoms with E-state index in [9.17, 15) is 4.79 Å². The Kier molecular flexibility index (Phi) is 5.92. The van der Waals surface area contributed by atoms with Gasteiger partial charge in [0.25, 0.3) is 0 Å². The molecule has 4 heteroatoms. The first-order valence-corrected chi connectivity index (χ1v) is 12.0.